The quantitative estimate of drug-likeness (QED) is 0.829. The van der Waals surface area contributed by atoms with E-state index in [4.69, 9.17) is 16.7 Å². The van der Waals surface area contributed by atoms with Crippen molar-refractivity contribution < 1.29 is 14.7 Å². The van der Waals surface area contributed by atoms with E-state index in [1.807, 2.05) is 0 Å². The number of likely N-dealkylation sites (tertiary alicyclic amines) is 1. The van der Waals surface area contributed by atoms with E-state index in [0.29, 0.717) is 13.0 Å². The highest BCUT2D eigenvalue weighted by molar-refractivity contribution is 6.29. The van der Waals surface area contributed by atoms with E-state index < -0.39 is 11.9 Å². The Balaban J connectivity index is 2.18. The van der Waals surface area contributed by atoms with Crippen LogP contribution >= 0.6 is 11.6 Å². The summed E-state index contributed by atoms with van der Waals surface area (Å²) >= 11 is 5.74. The number of amides is 1. The SMILES string of the molecule is CC1C(C(=O)O)CCN1C(=O)c1cccc(Cl)n1. The summed E-state index contributed by atoms with van der Waals surface area (Å²) in [5.74, 6) is -1.64. The third-order valence-corrected chi connectivity index (χ3v) is 3.48. The molecule has 1 aromatic heterocycles. The van der Waals surface area contributed by atoms with Crippen LogP contribution in [0.4, 0.5) is 0 Å². The largest absolute Gasteiger partial charge is 0.481 e. The predicted molar refractivity (Wildman–Crippen MR) is 65.5 cm³/mol. The molecule has 2 rings (SSSR count). The Hall–Kier alpha value is -1.62. The number of carbonyl (C=O) groups excluding carboxylic acids is 1. The summed E-state index contributed by atoms with van der Waals surface area (Å²) in [7, 11) is 0. The zero-order chi connectivity index (χ0) is 13.3. The molecule has 96 valence electrons. The highest BCUT2D eigenvalue weighted by Crippen LogP contribution is 2.25. The Morgan fingerprint density at radius 1 is 1.50 bits per heavy atom. The molecule has 0 spiro atoms. The lowest BCUT2D eigenvalue weighted by Crippen LogP contribution is -2.38. The minimum absolute atomic E-state index is 0.250. The first-order valence-corrected chi connectivity index (χ1v) is 6.05. The van der Waals surface area contributed by atoms with Crippen LogP contribution in [0.25, 0.3) is 0 Å². The van der Waals surface area contributed by atoms with Crippen LogP contribution in [0.2, 0.25) is 5.15 Å². The smallest absolute Gasteiger partial charge is 0.308 e. The van der Waals surface area contributed by atoms with Crippen LogP contribution in [0.3, 0.4) is 0 Å². The molecule has 0 aliphatic carbocycles. The van der Waals surface area contributed by atoms with E-state index >= 15 is 0 Å². The summed E-state index contributed by atoms with van der Waals surface area (Å²) in [6, 6.07) is 4.49. The standard InChI is InChI=1S/C12H13ClN2O3/c1-7-8(12(17)18)5-6-15(7)11(16)9-3-2-4-10(13)14-9/h2-4,7-8H,5-6H2,1H3,(H,17,18). The molecule has 1 aliphatic heterocycles. The third kappa shape index (κ3) is 2.31. The van der Waals surface area contributed by atoms with Gasteiger partial charge in [0.1, 0.15) is 10.8 Å². The van der Waals surface area contributed by atoms with E-state index in [1.54, 1.807) is 25.1 Å². The molecule has 1 N–H and O–H groups in total. The topological polar surface area (TPSA) is 70.5 Å². The van der Waals surface area contributed by atoms with Crippen molar-refractivity contribution in [1.29, 1.82) is 0 Å². The molecule has 2 atom stereocenters. The molecule has 1 aromatic rings. The van der Waals surface area contributed by atoms with Crippen LogP contribution in [0.15, 0.2) is 18.2 Å². The Bertz CT molecular complexity index is 492. The summed E-state index contributed by atoms with van der Waals surface area (Å²) < 4.78 is 0. The second-order valence-electron chi connectivity index (χ2n) is 4.32. The number of rotatable bonds is 2. The van der Waals surface area contributed by atoms with Gasteiger partial charge in [-0.05, 0) is 25.5 Å². The number of carboxylic acids is 1. The zero-order valence-electron chi connectivity index (χ0n) is 9.84. The van der Waals surface area contributed by atoms with Gasteiger partial charge in [0.2, 0.25) is 0 Å². The molecule has 2 heterocycles. The summed E-state index contributed by atoms with van der Waals surface area (Å²) in [6.45, 7) is 2.18. The van der Waals surface area contributed by atoms with Crippen molar-refractivity contribution in [1.82, 2.24) is 9.88 Å². The number of carboxylic acid groups (broad SMARTS) is 1. The number of aromatic nitrogens is 1. The summed E-state index contributed by atoms with van der Waals surface area (Å²) in [5.41, 5.74) is 0.250. The van der Waals surface area contributed by atoms with E-state index in [1.165, 1.54) is 4.90 Å². The molecule has 18 heavy (non-hydrogen) atoms. The van der Waals surface area contributed by atoms with Crippen molar-refractivity contribution in [3.05, 3.63) is 29.0 Å². The normalized spacial score (nSPS) is 23.1. The molecular formula is C12H13ClN2O3. The van der Waals surface area contributed by atoms with E-state index in [-0.39, 0.29) is 22.8 Å². The minimum Gasteiger partial charge on any atom is -0.481 e. The van der Waals surface area contributed by atoms with Gasteiger partial charge in [-0.1, -0.05) is 17.7 Å². The summed E-state index contributed by atoms with van der Waals surface area (Å²) in [5, 5.41) is 9.28. The number of pyridine rings is 1. The molecule has 0 radical (unpaired) electrons. The molecule has 0 aromatic carbocycles. The lowest BCUT2D eigenvalue weighted by Gasteiger charge is -2.22. The van der Waals surface area contributed by atoms with Gasteiger partial charge in [0.05, 0.1) is 5.92 Å². The Kier molecular flexibility index (Phi) is 3.52. The third-order valence-electron chi connectivity index (χ3n) is 3.27. The van der Waals surface area contributed by atoms with Crippen LogP contribution < -0.4 is 0 Å². The molecule has 6 heteroatoms. The van der Waals surface area contributed by atoms with Gasteiger partial charge in [0, 0.05) is 12.6 Å². The Morgan fingerprint density at radius 3 is 2.78 bits per heavy atom. The Morgan fingerprint density at radius 2 is 2.22 bits per heavy atom. The van der Waals surface area contributed by atoms with E-state index in [9.17, 15) is 9.59 Å². The first-order valence-electron chi connectivity index (χ1n) is 5.67. The van der Waals surface area contributed by atoms with Crippen molar-refractivity contribution in [3.8, 4) is 0 Å². The number of nitrogens with zero attached hydrogens (tertiary/aromatic N) is 2. The van der Waals surface area contributed by atoms with Gasteiger partial charge < -0.3 is 10.0 Å². The van der Waals surface area contributed by atoms with E-state index in [0.717, 1.165) is 0 Å². The van der Waals surface area contributed by atoms with Crippen LogP contribution in [0.1, 0.15) is 23.8 Å². The first kappa shape index (κ1) is 12.8. The maximum atomic E-state index is 12.2. The zero-order valence-corrected chi connectivity index (χ0v) is 10.6. The highest BCUT2D eigenvalue weighted by Gasteiger charge is 2.38. The Labute approximate surface area is 109 Å². The maximum absolute atomic E-state index is 12.2. The van der Waals surface area contributed by atoms with Crippen molar-refractivity contribution in [2.45, 2.75) is 19.4 Å². The van der Waals surface area contributed by atoms with Crippen molar-refractivity contribution in [3.63, 3.8) is 0 Å². The fraction of sp³-hybridized carbons (Fsp3) is 0.417. The van der Waals surface area contributed by atoms with Gasteiger partial charge in [-0.25, -0.2) is 4.98 Å². The van der Waals surface area contributed by atoms with Gasteiger partial charge in [-0.3, -0.25) is 9.59 Å². The molecule has 1 saturated heterocycles. The summed E-state index contributed by atoms with van der Waals surface area (Å²) in [6.07, 6.45) is 0.475. The van der Waals surface area contributed by atoms with Gasteiger partial charge in [0.15, 0.2) is 0 Å². The number of hydrogen-bond acceptors (Lipinski definition) is 3. The lowest BCUT2D eigenvalue weighted by atomic mass is 10.0. The molecule has 5 nitrogen and oxygen atoms in total. The van der Waals surface area contributed by atoms with Crippen LogP contribution in [-0.4, -0.2) is 39.5 Å². The van der Waals surface area contributed by atoms with Crippen molar-refractivity contribution >= 4 is 23.5 Å². The first-order chi connectivity index (χ1) is 8.50. The second-order valence-corrected chi connectivity index (χ2v) is 4.71. The average molecular weight is 269 g/mol. The van der Waals surface area contributed by atoms with Crippen LogP contribution in [-0.2, 0) is 4.79 Å². The second kappa shape index (κ2) is 4.94. The highest BCUT2D eigenvalue weighted by atomic mass is 35.5. The van der Waals surface area contributed by atoms with Gasteiger partial charge in [0.25, 0.3) is 5.91 Å². The molecule has 0 bridgehead atoms. The van der Waals surface area contributed by atoms with E-state index in [2.05, 4.69) is 4.98 Å². The van der Waals surface area contributed by atoms with Crippen LogP contribution in [0.5, 0.6) is 0 Å². The molecule has 1 aliphatic rings. The fourth-order valence-electron chi connectivity index (χ4n) is 2.23. The lowest BCUT2D eigenvalue weighted by molar-refractivity contribution is -0.142. The number of carbonyl (C=O) groups is 2. The van der Waals surface area contributed by atoms with Crippen molar-refractivity contribution in [2.24, 2.45) is 5.92 Å². The number of hydrogen-bond donors (Lipinski definition) is 1. The molecule has 0 saturated carbocycles. The van der Waals surface area contributed by atoms with Crippen LogP contribution in [0, 0.1) is 5.92 Å². The molecule has 2 unspecified atom stereocenters. The molecule has 1 fully saturated rings. The fourth-order valence-corrected chi connectivity index (χ4v) is 2.39. The minimum atomic E-state index is -0.864. The average Bonchev–Trinajstić information content (AvgIpc) is 2.70. The van der Waals surface area contributed by atoms with Crippen molar-refractivity contribution in [2.75, 3.05) is 6.54 Å². The summed E-state index contributed by atoms with van der Waals surface area (Å²) in [4.78, 5) is 28.7. The molecule has 1 amide bonds. The predicted octanol–water partition coefficient (Wildman–Crippen LogP) is 1.67. The number of halogens is 1. The monoisotopic (exact) mass is 268 g/mol. The maximum Gasteiger partial charge on any atom is 0.308 e. The number of aliphatic carboxylic acids is 1. The van der Waals surface area contributed by atoms with Gasteiger partial charge in [-0.2, -0.15) is 0 Å². The van der Waals surface area contributed by atoms with Gasteiger partial charge >= 0.3 is 5.97 Å². The van der Waals surface area contributed by atoms with Gasteiger partial charge in [-0.15, -0.1) is 0 Å². The molecular weight excluding hydrogens is 256 g/mol.